The van der Waals surface area contributed by atoms with Gasteiger partial charge in [0.1, 0.15) is 12.2 Å². The fourth-order valence-electron chi connectivity index (χ4n) is 1.35. The van der Waals surface area contributed by atoms with Gasteiger partial charge in [-0.15, -0.1) is 10.2 Å². The van der Waals surface area contributed by atoms with Crippen molar-refractivity contribution in [2.24, 2.45) is 11.1 Å². The van der Waals surface area contributed by atoms with Crippen molar-refractivity contribution >= 4 is 0 Å². The molecule has 15 heavy (non-hydrogen) atoms. The molecule has 86 valence electrons. The van der Waals surface area contributed by atoms with Crippen molar-refractivity contribution in [2.45, 2.75) is 53.1 Å². The number of hydrogen-bond donors (Lipinski definition) is 1. The third-order valence-corrected chi connectivity index (χ3v) is 2.72. The molecule has 0 fully saturated rings. The van der Waals surface area contributed by atoms with Gasteiger partial charge in [-0.3, -0.25) is 0 Å². The molecule has 2 N–H and O–H groups in total. The molecule has 0 aliphatic carbocycles. The van der Waals surface area contributed by atoms with Crippen LogP contribution in [0.15, 0.2) is 6.33 Å². The molecule has 1 rings (SSSR count). The minimum Gasteiger partial charge on any atom is -0.327 e. The van der Waals surface area contributed by atoms with E-state index in [1.54, 1.807) is 6.33 Å². The van der Waals surface area contributed by atoms with E-state index in [2.05, 4.69) is 49.4 Å². The maximum absolute atomic E-state index is 6.13. The monoisotopic (exact) mass is 210 g/mol. The largest absolute Gasteiger partial charge is 0.327 e. The Morgan fingerprint density at radius 1 is 1.40 bits per heavy atom. The fraction of sp³-hybridized carbons (Fsp3) is 0.818. The first-order valence-corrected chi connectivity index (χ1v) is 5.46. The van der Waals surface area contributed by atoms with Crippen molar-refractivity contribution in [2.75, 3.05) is 0 Å². The summed E-state index contributed by atoms with van der Waals surface area (Å²) in [5.41, 5.74) is 6.23. The molecule has 1 unspecified atom stereocenters. The van der Waals surface area contributed by atoms with Crippen molar-refractivity contribution in [3.63, 3.8) is 0 Å². The standard InChI is InChI=1S/C11H22N4/c1-8(2)15-7-13-14-10(15)6-9(12)11(3,4)5/h7-9H,6,12H2,1-5H3. The van der Waals surface area contributed by atoms with E-state index < -0.39 is 0 Å². The van der Waals surface area contributed by atoms with Crippen molar-refractivity contribution in [1.29, 1.82) is 0 Å². The minimum absolute atomic E-state index is 0.105. The van der Waals surface area contributed by atoms with Gasteiger partial charge in [0.25, 0.3) is 0 Å². The van der Waals surface area contributed by atoms with Crippen LogP contribution < -0.4 is 5.73 Å². The van der Waals surface area contributed by atoms with Gasteiger partial charge in [0.2, 0.25) is 0 Å². The molecule has 0 aliphatic rings. The van der Waals surface area contributed by atoms with Crippen LogP contribution in [0, 0.1) is 5.41 Å². The Morgan fingerprint density at radius 2 is 2.00 bits per heavy atom. The summed E-state index contributed by atoms with van der Waals surface area (Å²) in [5, 5.41) is 8.06. The number of nitrogens with two attached hydrogens (primary N) is 1. The summed E-state index contributed by atoms with van der Waals surface area (Å²) in [6, 6.07) is 0.501. The van der Waals surface area contributed by atoms with Crippen LogP contribution in [0.25, 0.3) is 0 Å². The zero-order valence-corrected chi connectivity index (χ0v) is 10.4. The molecule has 0 saturated heterocycles. The van der Waals surface area contributed by atoms with Gasteiger partial charge in [0.15, 0.2) is 0 Å². The average molecular weight is 210 g/mol. The highest BCUT2D eigenvalue weighted by atomic mass is 15.3. The van der Waals surface area contributed by atoms with Gasteiger partial charge in [-0.1, -0.05) is 20.8 Å². The molecule has 0 aliphatic heterocycles. The van der Waals surface area contributed by atoms with Crippen LogP contribution in [0.5, 0.6) is 0 Å². The van der Waals surface area contributed by atoms with E-state index in [0.717, 1.165) is 12.2 Å². The van der Waals surface area contributed by atoms with Gasteiger partial charge in [0, 0.05) is 18.5 Å². The third-order valence-electron chi connectivity index (χ3n) is 2.72. The van der Waals surface area contributed by atoms with Gasteiger partial charge in [-0.05, 0) is 19.3 Å². The first-order valence-electron chi connectivity index (χ1n) is 5.46. The zero-order valence-electron chi connectivity index (χ0n) is 10.4. The first kappa shape index (κ1) is 12.2. The Bertz CT molecular complexity index is 309. The number of aromatic nitrogens is 3. The SMILES string of the molecule is CC(C)n1cnnc1CC(N)C(C)(C)C. The summed E-state index contributed by atoms with van der Waals surface area (Å²) in [5.74, 6) is 0.979. The lowest BCUT2D eigenvalue weighted by Crippen LogP contribution is -2.37. The van der Waals surface area contributed by atoms with E-state index in [9.17, 15) is 0 Å². The Kier molecular flexibility index (Phi) is 3.50. The van der Waals surface area contributed by atoms with E-state index in [1.807, 2.05) is 0 Å². The second kappa shape index (κ2) is 4.31. The molecular weight excluding hydrogens is 188 g/mol. The van der Waals surface area contributed by atoms with E-state index in [1.165, 1.54) is 0 Å². The molecular formula is C11H22N4. The second-order valence-electron chi connectivity index (χ2n) is 5.42. The lowest BCUT2D eigenvalue weighted by molar-refractivity contribution is 0.311. The predicted octanol–water partition coefficient (Wildman–Crippen LogP) is 1.77. The molecule has 1 atom stereocenters. The van der Waals surface area contributed by atoms with Crippen LogP contribution in [0.3, 0.4) is 0 Å². The van der Waals surface area contributed by atoms with Crippen molar-refractivity contribution in [3.8, 4) is 0 Å². The maximum Gasteiger partial charge on any atom is 0.134 e. The summed E-state index contributed by atoms with van der Waals surface area (Å²) < 4.78 is 2.08. The molecule has 0 aromatic carbocycles. The molecule has 0 radical (unpaired) electrons. The summed E-state index contributed by atoms with van der Waals surface area (Å²) in [4.78, 5) is 0. The van der Waals surface area contributed by atoms with Crippen LogP contribution in [-0.4, -0.2) is 20.8 Å². The second-order valence-corrected chi connectivity index (χ2v) is 5.42. The number of nitrogens with zero attached hydrogens (tertiary/aromatic N) is 3. The quantitative estimate of drug-likeness (QED) is 0.827. The Hall–Kier alpha value is -0.900. The summed E-state index contributed by atoms with van der Waals surface area (Å²) in [6.45, 7) is 10.7. The Morgan fingerprint density at radius 3 is 2.47 bits per heavy atom. The van der Waals surface area contributed by atoms with Gasteiger partial charge in [-0.2, -0.15) is 0 Å². The van der Waals surface area contributed by atoms with E-state index in [4.69, 9.17) is 5.73 Å². The highest BCUT2D eigenvalue weighted by Crippen LogP contribution is 2.20. The summed E-state index contributed by atoms with van der Waals surface area (Å²) in [6.07, 6.45) is 2.55. The molecule has 0 saturated carbocycles. The third kappa shape index (κ3) is 3.02. The van der Waals surface area contributed by atoms with Crippen molar-refractivity contribution < 1.29 is 0 Å². The first-order chi connectivity index (χ1) is 6.82. The fourth-order valence-corrected chi connectivity index (χ4v) is 1.35. The van der Waals surface area contributed by atoms with Crippen LogP contribution in [0.2, 0.25) is 0 Å². The molecule has 0 bridgehead atoms. The highest BCUT2D eigenvalue weighted by molar-refractivity contribution is 4.94. The highest BCUT2D eigenvalue weighted by Gasteiger charge is 2.23. The Labute approximate surface area is 91.9 Å². The van der Waals surface area contributed by atoms with Crippen LogP contribution in [0.4, 0.5) is 0 Å². The average Bonchev–Trinajstić information content (AvgIpc) is 2.50. The van der Waals surface area contributed by atoms with E-state index >= 15 is 0 Å². The molecule has 0 spiro atoms. The predicted molar refractivity (Wildman–Crippen MR) is 61.5 cm³/mol. The van der Waals surface area contributed by atoms with Gasteiger partial charge < -0.3 is 10.3 Å². The van der Waals surface area contributed by atoms with Crippen molar-refractivity contribution in [3.05, 3.63) is 12.2 Å². The molecule has 1 heterocycles. The van der Waals surface area contributed by atoms with Crippen molar-refractivity contribution in [1.82, 2.24) is 14.8 Å². The molecule has 4 heteroatoms. The van der Waals surface area contributed by atoms with Gasteiger partial charge >= 0.3 is 0 Å². The lowest BCUT2D eigenvalue weighted by atomic mass is 9.85. The minimum atomic E-state index is 0.105. The topological polar surface area (TPSA) is 56.7 Å². The van der Waals surface area contributed by atoms with Crippen LogP contribution in [0.1, 0.15) is 46.5 Å². The van der Waals surface area contributed by atoms with E-state index in [-0.39, 0.29) is 11.5 Å². The van der Waals surface area contributed by atoms with Gasteiger partial charge in [0.05, 0.1) is 0 Å². The molecule has 1 aromatic heterocycles. The van der Waals surface area contributed by atoms with Gasteiger partial charge in [-0.25, -0.2) is 0 Å². The maximum atomic E-state index is 6.13. The zero-order chi connectivity index (χ0) is 11.6. The number of rotatable bonds is 3. The summed E-state index contributed by atoms with van der Waals surface area (Å²) >= 11 is 0. The molecule has 4 nitrogen and oxygen atoms in total. The van der Waals surface area contributed by atoms with Crippen LogP contribution in [-0.2, 0) is 6.42 Å². The lowest BCUT2D eigenvalue weighted by Gasteiger charge is -2.27. The normalized spacial score (nSPS) is 14.6. The van der Waals surface area contributed by atoms with Crippen LogP contribution >= 0.6 is 0 Å². The number of hydrogen-bond acceptors (Lipinski definition) is 3. The molecule has 0 amide bonds. The molecule has 1 aromatic rings. The van der Waals surface area contributed by atoms with E-state index in [0.29, 0.717) is 6.04 Å². The summed E-state index contributed by atoms with van der Waals surface area (Å²) in [7, 11) is 0. The smallest absolute Gasteiger partial charge is 0.134 e. The Balaban J connectivity index is 2.77.